The van der Waals surface area contributed by atoms with Gasteiger partial charge in [0.25, 0.3) is 5.69 Å². The third-order valence-electron chi connectivity index (χ3n) is 3.77. The second kappa shape index (κ2) is 7.52. The van der Waals surface area contributed by atoms with Gasteiger partial charge in [0.05, 0.1) is 16.4 Å². The van der Waals surface area contributed by atoms with E-state index >= 15 is 0 Å². The predicted octanol–water partition coefficient (Wildman–Crippen LogP) is 3.58. The van der Waals surface area contributed by atoms with Crippen molar-refractivity contribution in [3.8, 4) is 0 Å². The molecule has 0 unspecified atom stereocenters. The minimum absolute atomic E-state index is 0.0390. The molecule has 1 fully saturated rings. The number of halogens is 1. The molecule has 1 aliphatic carbocycles. The molecular formula is C15H16BrN5O3S. The number of nitrogens with one attached hydrogen (secondary N) is 1. The molecule has 1 saturated carbocycles. The van der Waals surface area contributed by atoms with Crippen molar-refractivity contribution in [3.63, 3.8) is 0 Å². The number of nitrogens with zero attached hydrogens (tertiary/aromatic N) is 4. The quantitative estimate of drug-likeness (QED) is 0.413. The summed E-state index contributed by atoms with van der Waals surface area (Å²) in [7, 11) is 0. The van der Waals surface area contributed by atoms with Crippen LogP contribution in [0.25, 0.3) is 0 Å². The third-order valence-corrected chi connectivity index (χ3v) is 5.40. The fourth-order valence-corrected chi connectivity index (χ4v) is 3.66. The maximum absolute atomic E-state index is 12.2. The van der Waals surface area contributed by atoms with Gasteiger partial charge in [-0.1, -0.05) is 11.8 Å². The lowest BCUT2D eigenvalue weighted by Crippen LogP contribution is -2.15. The average Bonchev–Trinajstić information content (AvgIpc) is 3.34. The van der Waals surface area contributed by atoms with E-state index in [-0.39, 0.29) is 17.3 Å². The molecule has 1 heterocycles. The first-order valence-electron chi connectivity index (χ1n) is 7.79. The molecular weight excluding hydrogens is 410 g/mol. The lowest BCUT2D eigenvalue weighted by atomic mass is 10.3. The predicted molar refractivity (Wildman–Crippen MR) is 97.8 cm³/mol. The van der Waals surface area contributed by atoms with Crippen molar-refractivity contribution in [3.05, 3.63) is 38.6 Å². The number of nitro benzene ring substituents is 1. The minimum atomic E-state index is -0.485. The summed E-state index contributed by atoms with van der Waals surface area (Å²) in [5.41, 5.74) is 0.453. The van der Waals surface area contributed by atoms with Crippen LogP contribution in [0.4, 0.5) is 11.4 Å². The normalized spacial score (nSPS) is 13.7. The number of carbonyl (C=O) groups excluding carboxylic acids is 1. The molecule has 1 aliphatic rings. The Balaban J connectivity index is 1.61. The van der Waals surface area contributed by atoms with E-state index in [9.17, 15) is 14.9 Å². The van der Waals surface area contributed by atoms with Gasteiger partial charge in [-0.15, -0.1) is 10.2 Å². The van der Waals surface area contributed by atoms with E-state index in [0.717, 1.165) is 30.4 Å². The van der Waals surface area contributed by atoms with Gasteiger partial charge in [-0.05, 0) is 41.8 Å². The fraction of sp³-hybridized carbons (Fsp3) is 0.400. The fourth-order valence-electron chi connectivity index (χ4n) is 2.38. The standard InChI is InChI=1S/C15H16BrN5O3S/c1-2-20-14(9-3-4-9)18-19-15(20)25-8-13(22)17-12-6-5-10(21(23)24)7-11(12)16/h5-7,9H,2-4,8H2,1H3,(H,17,22). The van der Waals surface area contributed by atoms with E-state index in [4.69, 9.17) is 0 Å². The molecule has 132 valence electrons. The first kappa shape index (κ1) is 17.9. The number of aromatic nitrogens is 3. The number of thioether (sulfide) groups is 1. The molecule has 1 N–H and O–H groups in total. The van der Waals surface area contributed by atoms with Gasteiger partial charge in [-0.25, -0.2) is 0 Å². The third kappa shape index (κ3) is 4.18. The number of rotatable bonds is 7. The highest BCUT2D eigenvalue weighted by Crippen LogP contribution is 2.40. The van der Waals surface area contributed by atoms with Crippen molar-refractivity contribution in [1.29, 1.82) is 0 Å². The highest BCUT2D eigenvalue weighted by molar-refractivity contribution is 9.10. The maximum Gasteiger partial charge on any atom is 0.270 e. The number of amides is 1. The smallest absolute Gasteiger partial charge is 0.270 e. The molecule has 3 rings (SSSR count). The summed E-state index contributed by atoms with van der Waals surface area (Å²) in [5.74, 6) is 1.49. The molecule has 10 heteroatoms. The summed E-state index contributed by atoms with van der Waals surface area (Å²) in [4.78, 5) is 22.4. The molecule has 1 amide bonds. The summed E-state index contributed by atoms with van der Waals surface area (Å²) in [6.07, 6.45) is 2.30. The Labute approximate surface area is 156 Å². The number of anilines is 1. The van der Waals surface area contributed by atoms with Gasteiger partial charge in [-0.2, -0.15) is 0 Å². The Morgan fingerprint density at radius 2 is 2.24 bits per heavy atom. The van der Waals surface area contributed by atoms with Crippen LogP contribution >= 0.6 is 27.7 Å². The monoisotopic (exact) mass is 425 g/mol. The van der Waals surface area contributed by atoms with Crippen LogP contribution in [-0.4, -0.2) is 31.3 Å². The highest BCUT2D eigenvalue weighted by atomic mass is 79.9. The van der Waals surface area contributed by atoms with E-state index in [1.807, 2.05) is 6.92 Å². The number of nitro groups is 1. The van der Waals surface area contributed by atoms with Crippen molar-refractivity contribution in [2.24, 2.45) is 0 Å². The second-order valence-corrected chi connectivity index (χ2v) is 7.41. The van der Waals surface area contributed by atoms with Crippen LogP contribution in [-0.2, 0) is 11.3 Å². The Hall–Kier alpha value is -1.94. The molecule has 8 nitrogen and oxygen atoms in total. The van der Waals surface area contributed by atoms with Gasteiger partial charge >= 0.3 is 0 Å². The Kier molecular flexibility index (Phi) is 5.38. The van der Waals surface area contributed by atoms with Crippen molar-refractivity contribution in [1.82, 2.24) is 14.8 Å². The maximum atomic E-state index is 12.2. The molecule has 0 radical (unpaired) electrons. The summed E-state index contributed by atoms with van der Waals surface area (Å²) >= 11 is 4.57. The van der Waals surface area contributed by atoms with Gasteiger partial charge < -0.3 is 9.88 Å². The van der Waals surface area contributed by atoms with E-state index in [1.165, 1.54) is 30.0 Å². The topological polar surface area (TPSA) is 103 Å². The number of hydrogen-bond acceptors (Lipinski definition) is 6. The molecule has 0 atom stereocenters. The first-order valence-corrected chi connectivity index (χ1v) is 9.57. The van der Waals surface area contributed by atoms with Gasteiger partial charge in [0.2, 0.25) is 5.91 Å². The summed E-state index contributed by atoms with van der Waals surface area (Å²) < 4.78 is 2.52. The Morgan fingerprint density at radius 3 is 2.84 bits per heavy atom. The average molecular weight is 426 g/mol. The molecule has 0 bridgehead atoms. The van der Waals surface area contributed by atoms with E-state index in [1.54, 1.807) is 0 Å². The van der Waals surface area contributed by atoms with Crippen LogP contribution in [0.3, 0.4) is 0 Å². The van der Waals surface area contributed by atoms with Crippen molar-refractivity contribution >= 4 is 45.0 Å². The molecule has 1 aromatic carbocycles. The van der Waals surface area contributed by atoms with Crippen LogP contribution in [0.1, 0.15) is 31.5 Å². The lowest BCUT2D eigenvalue weighted by Gasteiger charge is -2.08. The zero-order valence-electron chi connectivity index (χ0n) is 13.4. The highest BCUT2D eigenvalue weighted by Gasteiger charge is 2.30. The van der Waals surface area contributed by atoms with Crippen LogP contribution in [0.5, 0.6) is 0 Å². The molecule has 2 aromatic rings. The van der Waals surface area contributed by atoms with Crippen molar-refractivity contribution in [2.75, 3.05) is 11.1 Å². The van der Waals surface area contributed by atoms with Gasteiger partial charge in [0.15, 0.2) is 5.16 Å². The largest absolute Gasteiger partial charge is 0.324 e. The van der Waals surface area contributed by atoms with E-state index in [0.29, 0.717) is 16.1 Å². The zero-order chi connectivity index (χ0) is 18.0. The molecule has 25 heavy (non-hydrogen) atoms. The van der Waals surface area contributed by atoms with Crippen LogP contribution < -0.4 is 5.32 Å². The summed E-state index contributed by atoms with van der Waals surface area (Å²) in [5, 5.41) is 22.6. The van der Waals surface area contributed by atoms with Gasteiger partial charge in [0.1, 0.15) is 5.82 Å². The number of non-ortho nitro benzene ring substituents is 1. The van der Waals surface area contributed by atoms with Crippen LogP contribution in [0, 0.1) is 10.1 Å². The Morgan fingerprint density at radius 1 is 1.48 bits per heavy atom. The summed E-state index contributed by atoms with van der Waals surface area (Å²) in [6.45, 7) is 2.81. The number of hydrogen-bond donors (Lipinski definition) is 1. The minimum Gasteiger partial charge on any atom is -0.324 e. The van der Waals surface area contributed by atoms with Crippen LogP contribution in [0.2, 0.25) is 0 Å². The van der Waals surface area contributed by atoms with Crippen molar-refractivity contribution < 1.29 is 9.72 Å². The van der Waals surface area contributed by atoms with E-state index < -0.39 is 4.92 Å². The number of benzene rings is 1. The molecule has 0 saturated heterocycles. The zero-order valence-corrected chi connectivity index (χ0v) is 15.8. The first-order chi connectivity index (χ1) is 12.0. The summed E-state index contributed by atoms with van der Waals surface area (Å²) in [6, 6.07) is 4.21. The van der Waals surface area contributed by atoms with E-state index in [2.05, 4.69) is 36.0 Å². The molecule has 1 aromatic heterocycles. The Bertz CT molecular complexity index is 821. The van der Waals surface area contributed by atoms with Crippen molar-refractivity contribution in [2.45, 2.75) is 37.4 Å². The second-order valence-electron chi connectivity index (χ2n) is 5.62. The van der Waals surface area contributed by atoms with Gasteiger partial charge in [0, 0.05) is 29.1 Å². The molecule has 0 spiro atoms. The lowest BCUT2D eigenvalue weighted by molar-refractivity contribution is -0.384. The van der Waals surface area contributed by atoms with Crippen LogP contribution in [0.15, 0.2) is 27.8 Å². The molecule has 0 aliphatic heterocycles. The SMILES string of the molecule is CCn1c(SCC(=O)Nc2ccc([N+](=O)[O-])cc2Br)nnc1C1CC1. The number of carbonyl (C=O) groups is 1. The van der Waals surface area contributed by atoms with Gasteiger partial charge in [-0.3, -0.25) is 14.9 Å².